The molecule has 1 fully saturated rings. The first-order valence-corrected chi connectivity index (χ1v) is 11.9. The van der Waals surface area contributed by atoms with Gasteiger partial charge in [0.25, 0.3) is 11.5 Å². The van der Waals surface area contributed by atoms with Crippen molar-refractivity contribution in [3.05, 3.63) is 87.6 Å². The molecule has 4 aromatic rings. The molecule has 1 amide bonds. The highest BCUT2D eigenvalue weighted by Crippen LogP contribution is 2.40. The number of hydrogen-bond acceptors (Lipinski definition) is 6. The van der Waals surface area contributed by atoms with E-state index < -0.39 is 0 Å². The van der Waals surface area contributed by atoms with Crippen molar-refractivity contribution in [1.29, 1.82) is 0 Å². The van der Waals surface area contributed by atoms with E-state index in [0.717, 1.165) is 29.6 Å². The number of anilines is 2. The molecular formula is C26H23ClN6O2. The molecule has 2 aliphatic rings. The molecule has 0 aliphatic carbocycles. The van der Waals surface area contributed by atoms with Gasteiger partial charge in [-0.2, -0.15) is 0 Å². The fraction of sp³-hybridized carbons (Fsp3) is 0.231. The van der Waals surface area contributed by atoms with E-state index in [1.807, 2.05) is 48.5 Å². The molecule has 2 aromatic carbocycles. The number of benzene rings is 2. The lowest BCUT2D eigenvalue weighted by molar-refractivity contribution is 0.0796. The van der Waals surface area contributed by atoms with Crippen LogP contribution in [0.5, 0.6) is 0 Å². The molecule has 2 aliphatic heterocycles. The lowest BCUT2D eigenvalue weighted by Crippen LogP contribution is -2.39. The molecule has 1 unspecified atom stereocenters. The Hall–Kier alpha value is -3.91. The zero-order valence-electron chi connectivity index (χ0n) is 19.1. The van der Waals surface area contributed by atoms with Crippen LogP contribution in [0.2, 0.25) is 5.02 Å². The topological polar surface area (TPSA) is 83.4 Å². The van der Waals surface area contributed by atoms with E-state index in [1.54, 1.807) is 22.6 Å². The van der Waals surface area contributed by atoms with Crippen molar-refractivity contribution >= 4 is 39.9 Å². The maximum Gasteiger partial charge on any atom is 0.264 e. The Labute approximate surface area is 206 Å². The molecule has 1 atom stereocenters. The van der Waals surface area contributed by atoms with Gasteiger partial charge in [0.15, 0.2) is 0 Å². The van der Waals surface area contributed by atoms with Crippen LogP contribution in [0, 0.1) is 0 Å². The fourth-order valence-electron chi connectivity index (χ4n) is 5.14. The second-order valence-electron chi connectivity index (χ2n) is 8.86. The number of carbonyl (C=O) groups excluding carboxylic acids is 1. The number of hydrogen-bond donors (Lipinski definition) is 1. The summed E-state index contributed by atoms with van der Waals surface area (Å²) in [4.78, 5) is 39.6. The predicted octanol–water partition coefficient (Wildman–Crippen LogP) is 4.23. The summed E-state index contributed by atoms with van der Waals surface area (Å²) in [6.45, 7) is 1.10. The maximum atomic E-state index is 13.9. The van der Waals surface area contributed by atoms with Crippen LogP contribution in [0.3, 0.4) is 0 Å². The van der Waals surface area contributed by atoms with Crippen LogP contribution >= 0.6 is 11.6 Å². The third kappa shape index (κ3) is 3.44. The molecule has 1 saturated heterocycles. The highest BCUT2D eigenvalue weighted by atomic mass is 35.5. The molecule has 6 rings (SSSR count). The van der Waals surface area contributed by atoms with Gasteiger partial charge in [-0.1, -0.05) is 41.9 Å². The lowest BCUT2D eigenvalue weighted by atomic mass is 10.0. The summed E-state index contributed by atoms with van der Waals surface area (Å²) in [5.41, 5.74) is 1.91. The Morgan fingerprint density at radius 2 is 1.89 bits per heavy atom. The van der Waals surface area contributed by atoms with Crippen LogP contribution in [0.4, 0.5) is 11.6 Å². The number of amides is 1. The van der Waals surface area contributed by atoms with Crippen molar-refractivity contribution in [1.82, 2.24) is 19.4 Å². The van der Waals surface area contributed by atoms with E-state index in [2.05, 4.69) is 20.2 Å². The van der Waals surface area contributed by atoms with Gasteiger partial charge >= 0.3 is 0 Å². The fourth-order valence-corrected chi connectivity index (χ4v) is 5.40. The number of nitrogens with one attached hydrogen (secondary N) is 1. The summed E-state index contributed by atoms with van der Waals surface area (Å²) in [6.07, 6.45) is 3.20. The number of nitrogens with zero attached hydrogens (tertiary/aromatic N) is 5. The minimum absolute atomic E-state index is 0.120. The average Bonchev–Trinajstić information content (AvgIpc) is 3.36. The van der Waals surface area contributed by atoms with Crippen molar-refractivity contribution in [2.75, 3.05) is 30.5 Å². The zero-order chi connectivity index (χ0) is 24.1. The van der Waals surface area contributed by atoms with E-state index >= 15 is 0 Å². The minimum Gasteiger partial charge on any atom is -0.352 e. The number of halogens is 1. The Kier molecular flexibility index (Phi) is 5.18. The van der Waals surface area contributed by atoms with Crippen LogP contribution in [0.25, 0.3) is 16.5 Å². The lowest BCUT2D eigenvalue weighted by Gasteiger charge is -2.32. The molecule has 0 saturated carbocycles. The van der Waals surface area contributed by atoms with Gasteiger partial charge in [0.1, 0.15) is 23.5 Å². The highest BCUT2D eigenvalue weighted by molar-refractivity contribution is 6.35. The molecule has 176 valence electrons. The molecule has 1 N–H and O–H groups in total. The maximum absolute atomic E-state index is 13.9. The SMILES string of the molecule is CN1CNc2ncnc(N3CCCC3c3cc4cccc(Cl)c4c(=O)n3-c3ccccc3)c2C1=O. The zero-order valence-corrected chi connectivity index (χ0v) is 19.9. The summed E-state index contributed by atoms with van der Waals surface area (Å²) in [5.74, 6) is 1.00. The highest BCUT2D eigenvalue weighted by Gasteiger charge is 2.36. The van der Waals surface area contributed by atoms with E-state index in [9.17, 15) is 9.59 Å². The molecule has 2 aromatic heterocycles. The first-order chi connectivity index (χ1) is 17.0. The van der Waals surface area contributed by atoms with Crippen molar-refractivity contribution < 1.29 is 4.79 Å². The Morgan fingerprint density at radius 1 is 1.06 bits per heavy atom. The number of para-hydroxylation sites is 1. The van der Waals surface area contributed by atoms with Crippen molar-refractivity contribution in [2.45, 2.75) is 18.9 Å². The van der Waals surface area contributed by atoms with Crippen molar-refractivity contribution in [3.8, 4) is 5.69 Å². The summed E-state index contributed by atoms with van der Waals surface area (Å²) in [5, 5.41) is 4.91. The van der Waals surface area contributed by atoms with Gasteiger partial charge in [-0.25, -0.2) is 9.97 Å². The number of carbonyl (C=O) groups is 1. The third-order valence-corrected chi connectivity index (χ3v) is 7.09. The Balaban J connectivity index is 1.58. The van der Waals surface area contributed by atoms with Crippen LogP contribution in [-0.2, 0) is 0 Å². The van der Waals surface area contributed by atoms with Crippen LogP contribution in [-0.4, -0.2) is 45.6 Å². The van der Waals surface area contributed by atoms with Crippen molar-refractivity contribution in [2.24, 2.45) is 0 Å². The molecule has 0 radical (unpaired) electrons. The monoisotopic (exact) mass is 486 g/mol. The normalized spacial score (nSPS) is 17.5. The van der Waals surface area contributed by atoms with E-state index in [4.69, 9.17) is 11.6 Å². The largest absolute Gasteiger partial charge is 0.352 e. The Bertz CT molecular complexity index is 1520. The predicted molar refractivity (Wildman–Crippen MR) is 136 cm³/mol. The first-order valence-electron chi connectivity index (χ1n) is 11.5. The molecule has 9 heteroatoms. The molecule has 0 bridgehead atoms. The van der Waals surface area contributed by atoms with Crippen LogP contribution in [0.15, 0.2) is 65.7 Å². The van der Waals surface area contributed by atoms with Crippen molar-refractivity contribution in [3.63, 3.8) is 0 Å². The molecular weight excluding hydrogens is 464 g/mol. The van der Waals surface area contributed by atoms with Gasteiger partial charge < -0.3 is 15.1 Å². The number of fused-ring (bicyclic) bond motifs is 2. The second kappa shape index (κ2) is 8.39. The summed E-state index contributed by atoms with van der Waals surface area (Å²) < 4.78 is 1.75. The molecule has 4 heterocycles. The quantitative estimate of drug-likeness (QED) is 0.466. The summed E-state index contributed by atoms with van der Waals surface area (Å²) in [6, 6.07) is 17.0. The number of rotatable bonds is 3. The molecule has 8 nitrogen and oxygen atoms in total. The van der Waals surface area contributed by atoms with Gasteiger partial charge in [0.05, 0.1) is 23.1 Å². The summed E-state index contributed by atoms with van der Waals surface area (Å²) in [7, 11) is 1.75. The molecule has 35 heavy (non-hydrogen) atoms. The Morgan fingerprint density at radius 3 is 2.71 bits per heavy atom. The van der Waals surface area contributed by atoms with Crippen LogP contribution in [0.1, 0.15) is 34.9 Å². The van der Waals surface area contributed by atoms with E-state index in [-0.39, 0.29) is 17.5 Å². The average molecular weight is 487 g/mol. The number of pyridine rings is 1. The van der Waals surface area contributed by atoms with E-state index in [0.29, 0.717) is 40.8 Å². The van der Waals surface area contributed by atoms with Gasteiger partial charge in [-0.15, -0.1) is 0 Å². The standard InChI is InChI=1S/C26H23ClN6O2/c1-31-15-30-23-22(25(31)34)24(29-14-28-23)32-12-6-11-19(32)20-13-16-7-5-10-18(27)21(16)26(35)33(20)17-8-3-2-4-9-17/h2-5,7-10,13-14,19H,6,11-12,15H2,1H3,(H,28,29,30). The van der Waals surface area contributed by atoms with Gasteiger partial charge in [0.2, 0.25) is 0 Å². The van der Waals surface area contributed by atoms with E-state index in [1.165, 1.54) is 6.33 Å². The van der Waals surface area contributed by atoms with Gasteiger partial charge in [-0.3, -0.25) is 14.2 Å². The minimum atomic E-state index is -0.164. The second-order valence-corrected chi connectivity index (χ2v) is 9.27. The number of aromatic nitrogens is 3. The van der Waals surface area contributed by atoms with Gasteiger partial charge in [0, 0.05) is 25.0 Å². The smallest absolute Gasteiger partial charge is 0.264 e. The first kappa shape index (κ1) is 21.6. The molecule has 0 spiro atoms. The third-order valence-electron chi connectivity index (χ3n) is 6.78. The van der Waals surface area contributed by atoms with Crippen LogP contribution < -0.4 is 15.8 Å². The van der Waals surface area contributed by atoms with Gasteiger partial charge in [-0.05, 0) is 42.5 Å². The summed E-state index contributed by atoms with van der Waals surface area (Å²) >= 11 is 6.48.